The average molecular weight is 471 g/mol. The van der Waals surface area contributed by atoms with Gasteiger partial charge in [0.15, 0.2) is 0 Å². The molecule has 2 aromatic rings. The quantitative estimate of drug-likeness (QED) is 0.255. The summed E-state index contributed by atoms with van der Waals surface area (Å²) < 4.78 is 17.4. The van der Waals surface area contributed by atoms with Gasteiger partial charge in [0.1, 0.15) is 0 Å². The summed E-state index contributed by atoms with van der Waals surface area (Å²) in [6, 6.07) is 20.2. The van der Waals surface area contributed by atoms with Gasteiger partial charge in [0.25, 0.3) is 0 Å². The van der Waals surface area contributed by atoms with Crippen LogP contribution in [0, 0.1) is 10.7 Å². The molecule has 2 rings (SSSR count). The van der Waals surface area contributed by atoms with E-state index in [-0.39, 0.29) is 0 Å². The molecule has 0 fully saturated rings. The van der Waals surface area contributed by atoms with Crippen LogP contribution in [-0.2, 0) is 17.4 Å². The molecule has 0 aliphatic heterocycles. The topological polar surface area (TPSA) is 37.3 Å². The van der Waals surface area contributed by atoms with Crippen molar-refractivity contribution in [3.05, 3.63) is 71.8 Å². The average Bonchev–Trinajstić information content (AvgIpc) is 2.79. The fourth-order valence-electron chi connectivity index (χ4n) is 3.63. The van der Waals surface area contributed by atoms with E-state index >= 15 is 0 Å². The standard InChI is InChI=1S/C25H35GeO2P/c1-4-26(5-2,6-3)20-17-25(27)29(28,21-18-23-13-9-7-10-14-23)22-19-24-15-11-8-12-16-24/h7-16,25,27H,4-6,18-19,21-22H2,1-3H3. The molecule has 1 N–H and O–H groups in total. The van der Waals surface area contributed by atoms with Crippen molar-refractivity contribution in [1.82, 2.24) is 0 Å². The molecule has 2 aromatic carbocycles. The number of rotatable bonds is 10. The first kappa shape index (κ1) is 24.0. The van der Waals surface area contributed by atoms with Crippen LogP contribution in [0.4, 0.5) is 0 Å². The zero-order chi connectivity index (χ0) is 21.2. The Hall–Kier alpha value is -1.27. The molecule has 0 aliphatic rings. The van der Waals surface area contributed by atoms with Gasteiger partial charge in [0.2, 0.25) is 0 Å². The molecule has 0 saturated carbocycles. The van der Waals surface area contributed by atoms with Crippen LogP contribution in [0.2, 0.25) is 15.8 Å². The SMILES string of the molecule is C[CH2][Ge]([C]#CC(O)P(=O)(CCc1ccccc1)CCc1ccccc1)([CH2]C)[CH2]C. The van der Waals surface area contributed by atoms with Crippen molar-refractivity contribution in [3.63, 3.8) is 0 Å². The molecule has 4 heteroatoms. The normalized spacial score (nSPS) is 12.8. The predicted octanol–water partition coefficient (Wildman–Crippen LogP) is 6.20. The van der Waals surface area contributed by atoms with Crippen molar-refractivity contribution in [1.29, 1.82) is 0 Å². The molecule has 2 nitrogen and oxygen atoms in total. The first-order valence-corrected chi connectivity index (χ1v) is 18.5. The van der Waals surface area contributed by atoms with Crippen LogP contribution in [0.25, 0.3) is 0 Å². The Morgan fingerprint density at radius 3 is 1.62 bits per heavy atom. The van der Waals surface area contributed by atoms with E-state index in [4.69, 9.17) is 0 Å². The molecule has 0 aliphatic carbocycles. The second-order valence-electron chi connectivity index (χ2n) is 7.85. The number of aliphatic hydroxyl groups is 1. The van der Waals surface area contributed by atoms with E-state index < -0.39 is 26.3 Å². The molecule has 1 atom stereocenters. The van der Waals surface area contributed by atoms with E-state index in [1.807, 2.05) is 36.4 Å². The van der Waals surface area contributed by atoms with Gasteiger partial charge in [-0.15, -0.1) is 0 Å². The molecule has 1 unspecified atom stereocenters. The Labute approximate surface area is 179 Å². The maximum atomic E-state index is 13.9. The molecule has 29 heavy (non-hydrogen) atoms. The van der Waals surface area contributed by atoms with Gasteiger partial charge in [-0.1, -0.05) is 0 Å². The third kappa shape index (κ3) is 7.18. The molecule has 0 spiro atoms. The van der Waals surface area contributed by atoms with Crippen LogP contribution in [0.3, 0.4) is 0 Å². The Morgan fingerprint density at radius 1 is 0.828 bits per heavy atom. The zero-order valence-electron chi connectivity index (χ0n) is 18.1. The summed E-state index contributed by atoms with van der Waals surface area (Å²) in [6.07, 6.45) is 2.44. The van der Waals surface area contributed by atoms with Crippen molar-refractivity contribution in [2.75, 3.05) is 12.3 Å². The van der Waals surface area contributed by atoms with E-state index in [2.05, 4.69) is 55.7 Å². The van der Waals surface area contributed by atoms with Crippen molar-refractivity contribution >= 4 is 20.4 Å². The Morgan fingerprint density at radius 2 is 1.24 bits per heavy atom. The second-order valence-corrected chi connectivity index (χ2v) is 21.5. The van der Waals surface area contributed by atoms with Gasteiger partial charge in [-0.3, -0.25) is 0 Å². The fourth-order valence-corrected chi connectivity index (χ4v) is 11.4. The van der Waals surface area contributed by atoms with Crippen molar-refractivity contribution in [2.45, 2.75) is 55.2 Å². The van der Waals surface area contributed by atoms with Crippen LogP contribution in [0.1, 0.15) is 31.9 Å². The summed E-state index contributed by atoms with van der Waals surface area (Å²) in [5, 5.41) is 14.4. The molecule has 0 radical (unpaired) electrons. The van der Waals surface area contributed by atoms with Crippen molar-refractivity contribution in [3.8, 4) is 10.7 Å². The van der Waals surface area contributed by atoms with Gasteiger partial charge in [0, 0.05) is 0 Å². The van der Waals surface area contributed by atoms with E-state index in [1.54, 1.807) is 0 Å². The summed E-state index contributed by atoms with van der Waals surface area (Å²) >= 11 is -2.23. The van der Waals surface area contributed by atoms with Gasteiger partial charge in [-0.05, 0) is 0 Å². The maximum absolute atomic E-state index is 13.9. The summed E-state index contributed by atoms with van der Waals surface area (Å²) in [4.78, 5) is 0. The molecular weight excluding hydrogens is 436 g/mol. The number of aliphatic hydroxyl groups excluding tert-OH is 1. The van der Waals surface area contributed by atoms with Crippen LogP contribution >= 0.6 is 7.14 Å². The molecule has 0 amide bonds. The number of benzene rings is 2. The first-order valence-electron chi connectivity index (χ1n) is 10.8. The molecule has 0 aromatic heterocycles. The number of hydrogen-bond acceptors (Lipinski definition) is 2. The van der Waals surface area contributed by atoms with Crippen LogP contribution in [0.5, 0.6) is 0 Å². The van der Waals surface area contributed by atoms with Gasteiger partial charge >= 0.3 is 180 Å². The van der Waals surface area contributed by atoms with Crippen LogP contribution in [0.15, 0.2) is 60.7 Å². The summed E-state index contributed by atoms with van der Waals surface area (Å²) in [6.45, 7) is 6.66. The fraction of sp³-hybridized carbons (Fsp3) is 0.440. The number of hydrogen-bond donors (Lipinski definition) is 1. The third-order valence-electron chi connectivity index (χ3n) is 6.19. The minimum absolute atomic E-state index is 0.504. The van der Waals surface area contributed by atoms with Gasteiger partial charge < -0.3 is 0 Å². The Bertz CT molecular complexity index is 780. The van der Waals surface area contributed by atoms with Crippen molar-refractivity contribution < 1.29 is 9.67 Å². The van der Waals surface area contributed by atoms with Crippen LogP contribution in [-0.4, -0.2) is 36.5 Å². The van der Waals surface area contributed by atoms with E-state index in [0.717, 1.165) is 26.9 Å². The van der Waals surface area contributed by atoms with E-state index in [9.17, 15) is 9.67 Å². The van der Waals surface area contributed by atoms with Crippen LogP contribution < -0.4 is 0 Å². The first-order chi connectivity index (χ1) is 14.0. The van der Waals surface area contributed by atoms with Crippen molar-refractivity contribution in [2.24, 2.45) is 0 Å². The number of aryl methyl sites for hydroxylation is 2. The van der Waals surface area contributed by atoms with Gasteiger partial charge in [-0.25, -0.2) is 0 Å². The van der Waals surface area contributed by atoms with Gasteiger partial charge in [-0.2, -0.15) is 0 Å². The predicted molar refractivity (Wildman–Crippen MR) is 129 cm³/mol. The molecule has 0 saturated heterocycles. The van der Waals surface area contributed by atoms with Gasteiger partial charge in [0.05, 0.1) is 0 Å². The zero-order valence-corrected chi connectivity index (χ0v) is 21.1. The summed E-state index contributed by atoms with van der Waals surface area (Å²) in [7, 11) is -2.85. The molecular formula is C25H35GeO2P. The summed E-state index contributed by atoms with van der Waals surface area (Å²) in [5.41, 5.74) is 2.32. The summed E-state index contributed by atoms with van der Waals surface area (Å²) in [5.74, 6) is 2.11. The Balaban J connectivity index is 2.21. The second kappa shape index (κ2) is 11.8. The monoisotopic (exact) mass is 472 g/mol. The third-order valence-corrected chi connectivity index (χ3v) is 19.1. The minimum atomic E-state index is -2.85. The van der Waals surface area contributed by atoms with E-state index in [0.29, 0.717) is 25.2 Å². The molecule has 0 bridgehead atoms. The Kier molecular flexibility index (Phi) is 9.77. The molecule has 156 valence electrons. The molecule has 0 heterocycles. The van der Waals surface area contributed by atoms with E-state index in [1.165, 1.54) is 0 Å².